The number of aromatic nitrogens is 6. The minimum Gasteiger partial charge on any atom is -0.293 e. The maximum absolute atomic E-state index is 4.35. The lowest BCUT2D eigenvalue weighted by molar-refractivity contribution is 0.120. The van der Waals surface area contributed by atoms with Gasteiger partial charge in [-0.1, -0.05) is 29.8 Å². The Balaban J connectivity index is 1.46. The van der Waals surface area contributed by atoms with Crippen LogP contribution in [0.25, 0.3) is 5.69 Å². The van der Waals surface area contributed by atoms with E-state index in [0.29, 0.717) is 6.04 Å². The van der Waals surface area contributed by atoms with Crippen molar-refractivity contribution in [3.63, 3.8) is 0 Å². The van der Waals surface area contributed by atoms with E-state index in [1.54, 1.807) is 12.7 Å². The molecule has 7 nitrogen and oxygen atoms in total. The molecule has 4 rings (SSSR count). The molecular formula is C17H21N7. The van der Waals surface area contributed by atoms with E-state index in [9.17, 15) is 0 Å². The van der Waals surface area contributed by atoms with Crippen LogP contribution in [-0.4, -0.2) is 47.2 Å². The van der Waals surface area contributed by atoms with Crippen molar-refractivity contribution in [1.29, 1.82) is 0 Å². The fraction of sp³-hybridized carbons (Fsp3) is 0.412. The normalized spacial score (nSPS) is 18.8. The smallest absolute Gasteiger partial charge is 0.137 e. The summed E-state index contributed by atoms with van der Waals surface area (Å²) in [6, 6.07) is 10.6. The molecule has 0 radical (unpaired) electrons. The van der Waals surface area contributed by atoms with Crippen LogP contribution in [0.3, 0.4) is 0 Å². The molecule has 2 aromatic heterocycles. The van der Waals surface area contributed by atoms with Gasteiger partial charge in [0, 0.05) is 12.6 Å². The lowest BCUT2D eigenvalue weighted by Crippen LogP contribution is -2.41. The van der Waals surface area contributed by atoms with Gasteiger partial charge in [0.15, 0.2) is 0 Å². The SMILES string of the molecule is c1ccc(-n2cc(CN3CCCC[C@@H]3Cn3cncn3)nn2)cc1. The first-order chi connectivity index (χ1) is 11.9. The third-order valence-electron chi connectivity index (χ3n) is 4.54. The second-order valence-corrected chi connectivity index (χ2v) is 6.23. The number of rotatable bonds is 5. The number of likely N-dealkylation sites (tertiary alicyclic amines) is 1. The van der Waals surface area contributed by atoms with Gasteiger partial charge in [0.05, 0.1) is 24.1 Å². The average Bonchev–Trinajstić information content (AvgIpc) is 3.29. The Labute approximate surface area is 140 Å². The summed E-state index contributed by atoms with van der Waals surface area (Å²) in [5, 5.41) is 12.9. The van der Waals surface area contributed by atoms with Gasteiger partial charge in [-0.2, -0.15) is 5.10 Å². The first-order valence-corrected chi connectivity index (χ1v) is 8.41. The molecule has 1 aromatic carbocycles. The van der Waals surface area contributed by atoms with Gasteiger partial charge in [-0.25, -0.2) is 9.67 Å². The van der Waals surface area contributed by atoms with Gasteiger partial charge >= 0.3 is 0 Å². The molecule has 1 aliphatic rings. The fourth-order valence-electron chi connectivity index (χ4n) is 3.30. The van der Waals surface area contributed by atoms with E-state index >= 15 is 0 Å². The molecule has 1 aliphatic heterocycles. The highest BCUT2D eigenvalue weighted by molar-refractivity contribution is 5.29. The van der Waals surface area contributed by atoms with E-state index in [1.165, 1.54) is 19.3 Å². The van der Waals surface area contributed by atoms with Crippen LogP contribution in [0.5, 0.6) is 0 Å². The Kier molecular flexibility index (Phi) is 4.33. The van der Waals surface area contributed by atoms with Crippen LogP contribution >= 0.6 is 0 Å². The topological polar surface area (TPSA) is 64.7 Å². The molecule has 3 heterocycles. The van der Waals surface area contributed by atoms with Crippen LogP contribution in [0, 0.1) is 0 Å². The molecule has 3 aromatic rings. The minimum absolute atomic E-state index is 0.474. The van der Waals surface area contributed by atoms with E-state index in [-0.39, 0.29) is 0 Å². The standard InChI is InChI=1S/C17H21N7/c1-2-6-16(7-3-1)24-11-15(20-21-24)10-22-9-5-4-8-17(22)12-23-14-18-13-19-23/h1-3,6-7,11,13-14,17H,4-5,8-10,12H2/t17-/m1/s1. The van der Waals surface area contributed by atoms with Crippen molar-refractivity contribution in [1.82, 2.24) is 34.7 Å². The summed E-state index contributed by atoms with van der Waals surface area (Å²) in [7, 11) is 0. The highest BCUT2D eigenvalue weighted by Crippen LogP contribution is 2.20. The van der Waals surface area contributed by atoms with E-state index < -0.39 is 0 Å². The Morgan fingerprint density at radius 3 is 2.88 bits per heavy atom. The predicted molar refractivity (Wildman–Crippen MR) is 89.4 cm³/mol. The quantitative estimate of drug-likeness (QED) is 0.718. The van der Waals surface area contributed by atoms with E-state index in [1.807, 2.05) is 45.9 Å². The molecule has 124 valence electrons. The van der Waals surface area contributed by atoms with E-state index in [0.717, 1.165) is 31.0 Å². The minimum atomic E-state index is 0.474. The zero-order valence-electron chi connectivity index (χ0n) is 13.6. The molecule has 1 fully saturated rings. The van der Waals surface area contributed by atoms with E-state index in [2.05, 4.69) is 25.3 Å². The number of para-hydroxylation sites is 1. The van der Waals surface area contributed by atoms with Crippen molar-refractivity contribution in [2.75, 3.05) is 6.54 Å². The summed E-state index contributed by atoms with van der Waals surface area (Å²) >= 11 is 0. The molecule has 0 aliphatic carbocycles. The van der Waals surface area contributed by atoms with Gasteiger partial charge in [-0.3, -0.25) is 9.58 Å². The Morgan fingerprint density at radius 1 is 1.12 bits per heavy atom. The first kappa shape index (κ1) is 15.0. The van der Waals surface area contributed by atoms with Gasteiger partial charge in [-0.05, 0) is 31.5 Å². The van der Waals surface area contributed by atoms with Crippen LogP contribution in [0.4, 0.5) is 0 Å². The number of hydrogen-bond acceptors (Lipinski definition) is 5. The number of piperidine rings is 1. The molecule has 0 unspecified atom stereocenters. The lowest BCUT2D eigenvalue weighted by atomic mass is 10.0. The number of benzene rings is 1. The third kappa shape index (κ3) is 3.35. The largest absolute Gasteiger partial charge is 0.293 e. The van der Waals surface area contributed by atoms with Crippen molar-refractivity contribution >= 4 is 0 Å². The van der Waals surface area contributed by atoms with Crippen LogP contribution in [0.15, 0.2) is 49.2 Å². The maximum Gasteiger partial charge on any atom is 0.137 e. The second kappa shape index (κ2) is 6.92. The molecular weight excluding hydrogens is 302 g/mol. The molecule has 0 bridgehead atoms. The maximum atomic E-state index is 4.35. The lowest BCUT2D eigenvalue weighted by Gasteiger charge is -2.34. The Hall–Kier alpha value is -2.54. The molecule has 0 spiro atoms. The van der Waals surface area contributed by atoms with Gasteiger partial charge in [-0.15, -0.1) is 5.10 Å². The average molecular weight is 323 g/mol. The molecule has 7 heteroatoms. The van der Waals surface area contributed by atoms with Crippen molar-refractivity contribution in [2.24, 2.45) is 0 Å². The molecule has 1 saturated heterocycles. The van der Waals surface area contributed by atoms with Gasteiger partial charge in [0.1, 0.15) is 12.7 Å². The van der Waals surface area contributed by atoms with Crippen LogP contribution in [0.2, 0.25) is 0 Å². The van der Waals surface area contributed by atoms with Crippen molar-refractivity contribution in [3.8, 4) is 5.69 Å². The number of nitrogens with zero attached hydrogens (tertiary/aromatic N) is 7. The zero-order chi connectivity index (χ0) is 16.2. The summed E-state index contributed by atoms with van der Waals surface area (Å²) in [4.78, 5) is 6.53. The predicted octanol–water partition coefficient (Wildman–Crippen LogP) is 1.91. The highest BCUT2D eigenvalue weighted by atomic mass is 15.4. The fourth-order valence-corrected chi connectivity index (χ4v) is 3.30. The summed E-state index contributed by atoms with van der Waals surface area (Å²) in [6.07, 6.45) is 9.10. The van der Waals surface area contributed by atoms with Crippen molar-refractivity contribution in [2.45, 2.75) is 38.4 Å². The molecule has 0 saturated carbocycles. The summed E-state index contributed by atoms with van der Waals surface area (Å²) in [6.45, 7) is 2.80. The molecule has 0 N–H and O–H groups in total. The van der Waals surface area contributed by atoms with Crippen molar-refractivity contribution < 1.29 is 0 Å². The van der Waals surface area contributed by atoms with Crippen LogP contribution < -0.4 is 0 Å². The number of hydrogen-bond donors (Lipinski definition) is 0. The van der Waals surface area contributed by atoms with Gasteiger partial charge in [0.25, 0.3) is 0 Å². The monoisotopic (exact) mass is 323 g/mol. The van der Waals surface area contributed by atoms with Gasteiger partial charge in [0.2, 0.25) is 0 Å². The zero-order valence-corrected chi connectivity index (χ0v) is 13.6. The third-order valence-corrected chi connectivity index (χ3v) is 4.54. The Morgan fingerprint density at radius 2 is 2.04 bits per heavy atom. The van der Waals surface area contributed by atoms with Crippen LogP contribution in [-0.2, 0) is 13.1 Å². The Bertz CT molecular complexity index is 750. The summed E-state index contributed by atoms with van der Waals surface area (Å²) in [5.41, 5.74) is 2.04. The second-order valence-electron chi connectivity index (χ2n) is 6.23. The highest BCUT2D eigenvalue weighted by Gasteiger charge is 2.24. The summed E-state index contributed by atoms with van der Waals surface area (Å²) in [5.74, 6) is 0. The van der Waals surface area contributed by atoms with E-state index in [4.69, 9.17) is 0 Å². The van der Waals surface area contributed by atoms with Gasteiger partial charge < -0.3 is 0 Å². The molecule has 24 heavy (non-hydrogen) atoms. The van der Waals surface area contributed by atoms with Crippen LogP contribution in [0.1, 0.15) is 25.0 Å². The first-order valence-electron chi connectivity index (χ1n) is 8.41. The summed E-state index contributed by atoms with van der Waals surface area (Å²) < 4.78 is 3.76. The molecule has 0 amide bonds. The van der Waals surface area contributed by atoms with Crippen molar-refractivity contribution in [3.05, 3.63) is 54.9 Å². The molecule has 1 atom stereocenters.